The van der Waals surface area contributed by atoms with Gasteiger partial charge in [0.05, 0.1) is 16.6 Å². The molecule has 1 aliphatic rings. The molecule has 33 heavy (non-hydrogen) atoms. The zero-order valence-corrected chi connectivity index (χ0v) is 18.7. The molecule has 0 radical (unpaired) electrons. The summed E-state index contributed by atoms with van der Waals surface area (Å²) in [7, 11) is 0. The van der Waals surface area contributed by atoms with Crippen LogP contribution in [0.5, 0.6) is 0 Å². The summed E-state index contributed by atoms with van der Waals surface area (Å²) in [5.41, 5.74) is 2.18. The van der Waals surface area contributed by atoms with Gasteiger partial charge in [-0.2, -0.15) is 0 Å². The average Bonchev–Trinajstić information content (AvgIpc) is 3.07. The number of nitrogens with zero attached hydrogens (tertiary/aromatic N) is 1. The summed E-state index contributed by atoms with van der Waals surface area (Å²) >= 11 is 5.94. The fourth-order valence-electron chi connectivity index (χ4n) is 3.93. The van der Waals surface area contributed by atoms with E-state index in [9.17, 15) is 23.5 Å². The molecule has 3 aromatic rings. The number of anilines is 1. The fraction of sp³-hybridized carbons (Fsp3) is 0.154. The van der Waals surface area contributed by atoms with Gasteiger partial charge in [-0.1, -0.05) is 42.8 Å². The predicted molar refractivity (Wildman–Crippen MR) is 123 cm³/mol. The maximum Gasteiger partial charge on any atom is 0.300 e. The molecule has 168 valence electrons. The fourth-order valence-corrected chi connectivity index (χ4v) is 4.11. The molecule has 1 saturated heterocycles. The highest BCUT2D eigenvalue weighted by Gasteiger charge is 2.47. The SMILES string of the molecule is CCc1ccc(C2/C(=C(\O)c3ccc(F)c(C)c3)C(=O)C(=O)N2c2ccc(F)c(Cl)c2)cc1. The Morgan fingerprint density at radius 2 is 1.67 bits per heavy atom. The summed E-state index contributed by atoms with van der Waals surface area (Å²) in [6, 6.07) is 14.0. The molecule has 0 bridgehead atoms. The molecular formula is C26H20ClF2NO3. The maximum absolute atomic E-state index is 13.8. The lowest BCUT2D eigenvalue weighted by Gasteiger charge is -2.26. The summed E-state index contributed by atoms with van der Waals surface area (Å²) in [6.45, 7) is 3.53. The molecule has 4 nitrogen and oxygen atoms in total. The van der Waals surface area contributed by atoms with Gasteiger partial charge in [0.15, 0.2) is 0 Å². The van der Waals surface area contributed by atoms with E-state index in [1.54, 1.807) is 12.1 Å². The number of hydrogen-bond acceptors (Lipinski definition) is 3. The van der Waals surface area contributed by atoms with Crippen LogP contribution in [-0.4, -0.2) is 16.8 Å². The lowest BCUT2D eigenvalue weighted by atomic mass is 9.94. The smallest absolute Gasteiger partial charge is 0.300 e. The minimum Gasteiger partial charge on any atom is -0.507 e. The second kappa shape index (κ2) is 8.79. The van der Waals surface area contributed by atoms with Crippen LogP contribution < -0.4 is 4.90 Å². The number of halogens is 3. The van der Waals surface area contributed by atoms with Gasteiger partial charge in [0.2, 0.25) is 0 Å². The zero-order chi connectivity index (χ0) is 23.9. The van der Waals surface area contributed by atoms with Crippen molar-refractivity contribution in [2.45, 2.75) is 26.3 Å². The Balaban J connectivity index is 1.95. The first-order valence-corrected chi connectivity index (χ1v) is 10.7. The number of Topliss-reactive ketones (excluding diaryl/α,β-unsaturated/α-hetero) is 1. The number of carbonyl (C=O) groups is 2. The maximum atomic E-state index is 13.8. The Morgan fingerprint density at radius 3 is 2.27 bits per heavy atom. The molecule has 7 heteroatoms. The highest BCUT2D eigenvalue weighted by Crippen LogP contribution is 2.43. The molecule has 1 amide bonds. The molecule has 1 unspecified atom stereocenters. The second-order valence-electron chi connectivity index (χ2n) is 7.83. The first-order valence-electron chi connectivity index (χ1n) is 10.3. The van der Waals surface area contributed by atoms with Crippen molar-refractivity contribution < 1.29 is 23.5 Å². The third kappa shape index (κ3) is 4.02. The van der Waals surface area contributed by atoms with Gasteiger partial charge in [-0.15, -0.1) is 0 Å². The normalized spacial score (nSPS) is 17.6. The third-order valence-electron chi connectivity index (χ3n) is 5.76. The Bertz CT molecular complexity index is 1300. The summed E-state index contributed by atoms with van der Waals surface area (Å²) in [5, 5.41) is 10.9. The van der Waals surface area contributed by atoms with Crippen molar-refractivity contribution in [2.24, 2.45) is 0 Å². The average molecular weight is 468 g/mol. The zero-order valence-electron chi connectivity index (χ0n) is 17.9. The molecule has 1 N–H and O–H groups in total. The molecule has 0 aliphatic carbocycles. The number of ketones is 1. The van der Waals surface area contributed by atoms with Crippen LogP contribution in [0, 0.1) is 18.6 Å². The van der Waals surface area contributed by atoms with Crippen LogP contribution in [0.1, 0.15) is 35.2 Å². The van der Waals surface area contributed by atoms with Crippen LogP contribution >= 0.6 is 11.6 Å². The largest absolute Gasteiger partial charge is 0.507 e. The van der Waals surface area contributed by atoms with Crippen LogP contribution in [0.25, 0.3) is 5.76 Å². The number of aliphatic hydroxyl groups excluding tert-OH is 1. The number of carbonyl (C=O) groups excluding carboxylic acids is 2. The number of aliphatic hydroxyl groups is 1. The van der Waals surface area contributed by atoms with Gasteiger partial charge in [0.25, 0.3) is 11.7 Å². The molecule has 4 rings (SSSR count). The van der Waals surface area contributed by atoms with E-state index in [-0.39, 0.29) is 27.4 Å². The molecule has 0 spiro atoms. The monoisotopic (exact) mass is 467 g/mol. The van der Waals surface area contributed by atoms with Gasteiger partial charge < -0.3 is 5.11 Å². The number of benzene rings is 3. The second-order valence-corrected chi connectivity index (χ2v) is 8.23. The number of hydrogen-bond donors (Lipinski definition) is 1. The first-order chi connectivity index (χ1) is 15.7. The van der Waals surface area contributed by atoms with Crippen molar-refractivity contribution in [1.29, 1.82) is 0 Å². The van der Waals surface area contributed by atoms with Crippen molar-refractivity contribution in [3.05, 3.63) is 105 Å². The van der Waals surface area contributed by atoms with Gasteiger partial charge in [-0.05, 0) is 66.4 Å². The van der Waals surface area contributed by atoms with Crippen LogP contribution in [0.3, 0.4) is 0 Å². The van der Waals surface area contributed by atoms with E-state index in [1.165, 1.54) is 42.2 Å². The van der Waals surface area contributed by atoms with Crippen molar-refractivity contribution in [2.75, 3.05) is 4.90 Å². The minimum absolute atomic E-state index is 0.143. The van der Waals surface area contributed by atoms with Gasteiger partial charge in [-0.25, -0.2) is 8.78 Å². The van der Waals surface area contributed by atoms with Gasteiger partial charge in [0, 0.05) is 11.3 Å². The summed E-state index contributed by atoms with van der Waals surface area (Å²) in [6.07, 6.45) is 0.795. The van der Waals surface area contributed by atoms with Crippen LogP contribution in [0.2, 0.25) is 5.02 Å². The Morgan fingerprint density at radius 1 is 1.00 bits per heavy atom. The molecule has 0 aromatic heterocycles. The quantitative estimate of drug-likeness (QED) is 0.286. The first kappa shape index (κ1) is 22.7. The predicted octanol–water partition coefficient (Wildman–Crippen LogP) is 6.12. The molecule has 1 aliphatic heterocycles. The summed E-state index contributed by atoms with van der Waals surface area (Å²) in [5.74, 6) is -3.33. The van der Waals surface area contributed by atoms with E-state index in [2.05, 4.69) is 0 Å². The lowest BCUT2D eigenvalue weighted by Crippen LogP contribution is -2.29. The topological polar surface area (TPSA) is 57.6 Å². The molecule has 1 heterocycles. The van der Waals surface area contributed by atoms with Crippen LogP contribution in [0.15, 0.2) is 66.2 Å². The van der Waals surface area contributed by atoms with E-state index >= 15 is 0 Å². The van der Waals surface area contributed by atoms with Crippen LogP contribution in [-0.2, 0) is 16.0 Å². The summed E-state index contributed by atoms with van der Waals surface area (Å²) < 4.78 is 27.6. The van der Waals surface area contributed by atoms with E-state index in [4.69, 9.17) is 11.6 Å². The van der Waals surface area contributed by atoms with Crippen molar-refractivity contribution in [1.82, 2.24) is 0 Å². The molecule has 3 aromatic carbocycles. The molecular weight excluding hydrogens is 448 g/mol. The minimum atomic E-state index is -0.984. The Labute approximate surface area is 194 Å². The number of rotatable bonds is 4. The summed E-state index contributed by atoms with van der Waals surface area (Å²) in [4.78, 5) is 27.4. The van der Waals surface area contributed by atoms with Crippen molar-refractivity contribution >= 4 is 34.7 Å². The van der Waals surface area contributed by atoms with Crippen LogP contribution in [0.4, 0.5) is 14.5 Å². The molecule has 1 atom stereocenters. The molecule has 1 fully saturated rings. The Hall–Kier alpha value is -3.51. The van der Waals surface area contributed by atoms with Gasteiger partial charge in [0.1, 0.15) is 17.4 Å². The van der Waals surface area contributed by atoms with Gasteiger partial charge >= 0.3 is 0 Å². The van der Waals surface area contributed by atoms with E-state index in [1.807, 2.05) is 19.1 Å². The standard InChI is InChI=1S/C26H20ClF2NO3/c1-3-15-4-6-16(7-5-15)23-22(24(31)17-8-10-20(28)14(2)12-17)25(32)26(33)30(23)18-9-11-21(29)19(27)13-18/h4-13,23,31H,3H2,1-2H3/b24-22+. The van der Waals surface area contributed by atoms with E-state index < -0.39 is 35.1 Å². The van der Waals surface area contributed by atoms with E-state index in [0.717, 1.165) is 18.1 Å². The van der Waals surface area contributed by atoms with Crippen molar-refractivity contribution in [3.63, 3.8) is 0 Å². The highest BCUT2D eigenvalue weighted by molar-refractivity contribution is 6.51. The van der Waals surface area contributed by atoms with Gasteiger partial charge in [-0.3, -0.25) is 14.5 Å². The number of amides is 1. The molecule has 0 saturated carbocycles. The number of aryl methyl sites for hydroxylation is 2. The third-order valence-corrected chi connectivity index (χ3v) is 6.05. The lowest BCUT2D eigenvalue weighted by molar-refractivity contribution is -0.132. The highest BCUT2D eigenvalue weighted by atomic mass is 35.5. The van der Waals surface area contributed by atoms with E-state index in [0.29, 0.717) is 5.56 Å². The van der Waals surface area contributed by atoms with Crippen molar-refractivity contribution in [3.8, 4) is 0 Å². The Kier molecular flexibility index (Phi) is 6.04.